The highest BCUT2D eigenvalue weighted by atomic mass is 32.2. The Morgan fingerprint density at radius 3 is 2.32 bits per heavy atom. The third-order valence-electron chi connectivity index (χ3n) is 8.38. The normalized spacial score (nSPS) is 21.0. The molecule has 0 saturated heterocycles. The molecule has 9 nitrogen and oxygen atoms in total. The van der Waals surface area contributed by atoms with Gasteiger partial charge in [0, 0.05) is 19.3 Å². The number of halogens is 7. The molecule has 1 saturated carbocycles. The minimum atomic E-state index is -5.38. The van der Waals surface area contributed by atoms with Gasteiger partial charge in [-0.25, -0.2) is 17.5 Å². The zero-order valence-corrected chi connectivity index (χ0v) is 26.3. The first-order valence-electron chi connectivity index (χ1n) is 14.2. The lowest BCUT2D eigenvalue weighted by Crippen LogP contribution is -2.46. The summed E-state index contributed by atoms with van der Waals surface area (Å²) >= 11 is 0. The molecule has 2 aliphatic rings. The maximum atomic E-state index is 13.5. The second-order valence-electron chi connectivity index (χ2n) is 11.8. The number of alkyl halides is 6. The number of hydrogen-bond acceptors (Lipinski definition) is 7. The van der Waals surface area contributed by atoms with Gasteiger partial charge in [0.1, 0.15) is 11.9 Å². The van der Waals surface area contributed by atoms with Crippen LogP contribution in [0.15, 0.2) is 60.4 Å². The van der Waals surface area contributed by atoms with Gasteiger partial charge in [0.2, 0.25) is 10.0 Å². The van der Waals surface area contributed by atoms with Crippen LogP contribution in [0, 0.1) is 17.2 Å². The van der Waals surface area contributed by atoms with Crippen molar-refractivity contribution in [2.45, 2.75) is 44.6 Å². The minimum Gasteiger partial charge on any atom is -0.259 e. The molecule has 0 spiro atoms. The quantitative estimate of drug-likeness (QED) is 0.188. The maximum absolute atomic E-state index is 13.5. The van der Waals surface area contributed by atoms with E-state index in [9.17, 15) is 47.6 Å². The Morgan fingerprint density at radius 1 is 1.02 bits per heavy atom. The Bertz CT molecular complexity index is 1850. The van der Waals surface area contributed by atoms with E-state index in [0.29, 0.717) is 34.9 Å². The van der Waals surface area contributed by atoms with Gasteiger partial charge in [-0.3, -0.25) is 9.17 Å². The first-order chi connectivity index (χ1) is 21.7. The van der Waals surface area contributed by atoms with Crippen LogP contribution in [0.2, 0.25) is 0 Å². The molecule has 2 heterocycles. The molecule has 1 aromatic carbocycles. The monoisotopic (exact) mass is 710 g/mol. The van der Waals surface area contributed by atoms with E-state index in [1.807, 2.05) is 13.0 Å². The van der Waals surface area contributed by atoms with Crippen molar-refractivity contribution in [1.82, 2.24) is 19.1 Å². The summed E-state index contributed by atoms with van der Waals surface area (Å²) in [6, 6.07) is 9.55. The molecule has 3 aromatic rings. The maximum Gasteiger partial charge on any atom is 0.405 e. The van der Waals surface area contributed by atoms with Crippen molar-refractivity contribution in [3.63, 3.8) is 0 Å². The molecular formula is C29H29F7N4O5S2. The molecule has 0 N–H and O–H groups in total. The number of allylic oxidation sites excluding steroid dienone is 1. The summed E-state index contributed by atoms with van der Waals surface area (Å²) in [6.45, 7) is 0.273. The van der Waals surface area contributed by atoms with Crippen molar-refractivity contribution < 1.29 is 51.8 Å². The van der Waals surface area contributed by atoms with Crippen LogP contribution in [0.25, 0.3) is 11.8 Å². The number of rotatable bonds is 11. The number of fused-ring (bicyclic) bond motifs is 2. The Labute approximate surface area is 266 Å². The zero-order chi connectivity index (χ0) is 34.4. The van der Waals surface area contributed by atoms with Gasteiger partial charge in [-0.1, -0.05) is 18.6 Å². The zero-order valence-electron chi connectivity index (χ0n) is 24.7. The van der Waals surface area contributed by atoms with Gasteiger partial charge in [0.25, 0.3) is 10.1 Å². The summed E-state index contributed by atoms with van der Waals surface area (Å²) in [7, 11) is -10.6. The smallest absolute Gasteiger partial charge is 0.259 e. The van der Waals surface area contributed by atoms with E-state index in [1.165, 1.54) is 30.3 Å². The molecule has 47 heavy (non-hydrogen) atoms. The third-order valence-corrected chi connectivity index (χ3v) is 11.4. The average Bonchev–Trinajstić information content (AvgIpc) is 3.48. The molecule has 2 aromatic heterocycles. The molecule has 18 heteroatoms. The van der Waals surface area contributed by atoms with Gasteiger partial charge >= 0.3 is 12.4 Å². The van der Waals surface area contributed by atoms with E-state index in [-0.39, 0.29) is 5.69 Å². The Balaban J connectivity index is 1.47. The van der Waals surface area contributed by atoms with Crippen LogP contribution in [0.3, 0.4) is 0 Å². The fourth-order valence-corrected chi connectivity index (χ4v) is 8.54. The van der Waals surface area contributed by atoms with Crippen molar-refractivity contribution in [1.29, 1.82) is 0 Å². The van der Waals surface area contributed by atoms with Crippen molar-refractivity contribution in [3.8, 4) is 5.69 Å². The largest absolute Gasteiger partial charge is 0.405 e. The summed E-state index contributed by atoms with van der Waals surface area (Å²) in [5, 5.41) is 4.41. The number of pyridine rings is 1. The van der Waals surface area contributed by atoms with Gasteiger partial charge in [-0.05, 0) is 78.6 Å². The van der Waals surface area contributed by atoms with Gasteiger partial charge in [-0.2, -0.15) is 44.2 Å². The van der Waals surface area contributed by atoms with Crippen LogP contribution in [0.1, 0.15) is 42.8 Å². The molecular weight excluding hydrogens is 681 g/mol. The molecule has 0 radical (unpaired) electrons. The third kappa shape index (κ3) is 8.21. The number of benzene rings is 1. The van der Waals surface area contributed by atoms with Crippen molar-refractivity contribution >= 4 is 26.2 Å². The predicted molar refractivity (Wildman–Crippen MR) is 155 cm³/mol. The lowest BCUT2D eigenvalue weighted by molar-refractivity contribution is -0.109. The van der Waals surface area contributed by atoms with Gasteiger partial charge in [-0.15, -0.1) is 0 Å². The summed E-state index contributed by atoms with van der Waals surface area (Å²) in [6.07, 6.45) is -6.64. The standard InChI is InChI=1S/C29H29F7N4O5S2/c1-27-13-19-14-38-40(23-9-7-22(30)8-10-23)25(19)12-20(27)5-6-21(27)15-39(46(41,42)17-28(31,32)33)16-26(24-4-2-3-11-37-24)45-47(43,44)18-29(34,35)36/h2-4,7-12,14,21,26H,5-6,13,15-18H2,1H3/t21-,26?,27+/m1/s1. The van der Waals surface area contributed by atoms with E-state index >= 15 is 0 Å². The summed E-state index contributed by atoms with van der Waals surface area (Å²) < 4.78 is 151. The Kier molecular flexibility index (Phi) is 9.37. The average molecular weight is 711 g/mol. The van der Waals surface area contributed by atoms with Crippen molar-refractivity contribution in [3.05, 3.63) is 83.2 Å². The van der Waals surface area contributed by atoms with E-state index in [0.717, 1.165) is 17.3 Å². The summed E-state index contributed by atoms with van der Waals surface area (Å²) in [5.74, 6) is -5.71. The molecule has 1 fully saturated rings. The van der Waals surface area contributed by atoms with Crippen LogP contribution >= 0.6 is 0 Å². The van der Waals surface area contributed by atoms with Crippen LogP contribution in [-0.4, -0.2) is 72.9 Å². The lowest BCUT2D eigenvalue weighted by atomic mass is 9.70. The first kappa shape index (κ1) is 35.0. The highest BCUT2D eigenvalue weighted by Crippen LogP contribution is 2.53. The predicted octanol–water partition coefficient (Wildman–Crippen LogP) is 5.61. The lowest BCUT2D eigenvalue weighted by Gasteiger charge is -2.38. The van der Waals surface area contributed by atoms with E-state index in [2.05, 4.69) is 10.1 Å². The topological polar surface area (TPSA) is 111 Å². The van der Waals surface area contributed by atoms with Crippen LogP contribution in [0.5, 0.6) is 0 Å². The van der Waals surface area contributed by atoms with Gasteiger partial charge in [0.05, 0.1) is 23.3 Å². The SMILES string of the molecule is C[C@]12Cc3cnn(-c4ccc(F)cc4)c3C=C1CC[C@@H]2CN(CC(OS(=O)(=O)CC(F)(F)F)c1ccccn1)S(=O)(=O)CC(F)(F)F. The number of sulfonamides is 1. The summed E-state index contributed by atoms with van der Waals surface area (Å²) in [5.41, 5.74) is 1.87. The molecule has 3 atom stereocenters. The fraction of sp³-hybridized carbons (Fsp3) is 0.448. The number of nitrogens with zero attached hydrogens (tertiary/aromatic N) is 4. The minimum absolute atomic E-state index is 0.292. The molecule has 256 valence electrons. The van der Waals surface area contributed by atoms with Crippen LogP contribution in [-0.2, 0) is 30.7 Å². The molecule has 0 bridgehead atoms. The van der Waals surface area contributed by atoms with Gasteiger partial charge in [0.15, 0.2) is 11.5 Å². The van der Waals surface area contributed by atoms with Gasteiger partial charge < -0.3 is 0 Å². The van der Waals surface area contributed by atoms with Crippen LogP contribution in [0.4, 0.5) is 30.7 Å². The molecule has 1 unspecified atom stereocenters. The fourth-order valence-electron chi connectivity index (χ4n) is 6.20. The molecule has 0 amide bonds. The molecule has 2 aliphatic carbocycles. The molecule has 0 aliphatic heterocycles. The summed E-state index contributed by atoms with van der Waals surface area (Å²) in [4.78, 5) is 3.88. The Morgan fingerprint density at radius 2 is 1.70 bits per heavy atom. The number of aromatic nitrogens is 3. The highest BCUT2D eigenvalue weighted by Gasteiger charge is 2.49. The second-order valence-corrected chi connectivity index (χ2v) is 15.4. The van der Waals surface area contributed by atoms with E-state index < -0.39 is 80.3 Å². The van der Waals surface area contributed by atoms with E-state index in [4.69, 9.17) is 4.18 Å². The van der Waals surface area contributed by atoms with E-state index in [1.54, 1.807) is 23.0 Å². The highest BCUT2D eigenvalue weighted by molar-refractivity contribution is 7.89. The second kappa shape index (κ2) is 12.6. The molecule has 5 rings (SSSR count). The van der Waals surface area contributed by atoms with Crippen molar-refractivity contribution in [2.75, 3.05) is 24.6 Å². The Hall–Kier alpha value is -3.35. The first-order valence-corrected chi connectivity index (χ1v) is 17.4. The van der Waals surface area contributed by atoms with Crippen LogP contribution < -0.4 is 0 Å². The van der Waals surface area contributed by atoms with Crippen molar-refractivity contribution in [2.24, 2.45) is 11.3 Å². The number of hydrogen-bond donors (Lipinski definition) is 0.